The minimum atomic E-state index is 0.638. The molecule has 5 heteroatoms. The van der Waals surface area contributed by atoms with E-state index in [9.17, 15) is 0 Å². The second kappa shape index (κ2) is 12.1. The first-order valence-corrected chi connectivity index (χ1v) is 18.2. The molecule has 0 aliphatic rings. The van der Waals surface area contributed by atoms with Gasteiger partial charge in [-0.3, -0.25) is 0 Å². The highest BCUT2D eigenvalue weighted by Crippen LogP contribution is 2.44. The maximum atomic E-state index is 4.98. The maximum absolute atomic E-state index is 4.98. The van der Waals surface area contributed by atoms with Crippen LogP contribution in [0.2, 0.25) is 0 Å². The third-order valence-electron chi connectivity index (χ3n) is 10.6. The topological polar surface area (TPSA) is 48.5 Å². The van der Waals surface area contributed by atoms with Crippen molar-refractivity contribution >= 4 is 54.4 Å². The van der Waals surface area contributed by atoms with E-state index in [2.05, 4.69) is 137 Å². The molecule has 54 heavy (non-hydrogen) atoms. The highest BCUT2D eigenvalue weighted by Gasteiger charge is 2.22. The molecule has 0 unspecified atom stereocenters. The lowest BCUT2D eigenvalue weighted by molar-refractivity contribution is 1.07. The minimum Gasteiger partial charge on any atom is -0.309 e. The molecule has 5 nitrogen and oxygen atoms in total. The van der Waals surface area contributed by atoms with Crippen LogP contribution in [0.5, 0.6) is 0 Å². The van der Waals surface area contributed by atoms with E-state index in [4.69, 9.17) is 15.0 Å². The molecule has 11 rings (SSSR count). The van der Waals surface area contributed by atoms with Crippen molar-refractivity contribution in [1.29, 1.82) is 0 Å². The molecule has 0 radical (unpaired) electrons. The lowest BCUT2D eigenvalue weighted by Crippen LogP contribution is -2.00. The van der Waals surface area contributed by atoms with Gasteiger partial charge in [-0.15, -0.1) is 0 Å². The number of aromatic nitrogens is 5. The van der Waals surface area contributed by atoms with Crippen molar-refractivity contribution in [3.8, 4) is 45.5 Å². The van der Waals surface area contributed by atoms with Gasteiger partial charge in [0.05, 0.1) is 22.1 Å². The third kappa shape index (κ3) is 4.69. The van der Waals surface area contributed by atoms with E-state index in [1.165, 1.54) is 43.4 Å². The van der Waals surface area contributed by atoms with Gasteiger partial charge >= 0.3 is 0 Å². The van der Waals surface area contributed by atoms with Crippen molar-refractivity contribution in [2.75, 3.05) is 0 Å². The summed E-state index contributed by atoms with van der Waals surface area (Å²) in [6.07, 6.45) is 0. The standard InChI is InChI=1S/C49H31N5/c1-4-15-33(16-5-1)47-50-48(34-17-6-2-7-18-34)52-49(51-47)35-24-27-37(28-25-35)53-40-23-13-12-22-39(40)45-42(53)30-31-43-46(45)44-38-21-11-10-14-32(38)26-29-41(44)54(43)36-19-8-3-9-20-36/h1-31H. The van der Waals surface area contributed by atoms with Gasteiger partial charge in [-0.25, -0.2) is 15.0 Å². The predicted molar refractivity (Wildman–Crippen MR) is 222 cm³/mol. The summed E-state index contributed by atoms with van der Waals surface area (Å²) in [4.78, 5) is 14.8. The average molecular weight is 690 g/mol. The average Bonchev–Trinajstić information content (AvgIpc) is 3.78. The molecule has 0 fully saturated rings. The van der Waals surface area contributed by atoms with E-state index in [1.807, 2.05) is 60.7 Å². The zero-order valence-electron chi connectivity index (χ0n) is 29.1. The summed E-state index contributed by atoms with van der Waals surface area (Å²) < 4.78 is 4.81. The zero-order chi connectivity index (χ0) is 35.6. The second-order valence-corrected chi connectivity index (χ2v) is 13.6. The van der Waals surface area contributed by atoms with Crippen LogP contribution in [0.15, 0.2) is 188 Å². The summed E-state index contributed by atoms with van der Waals surface area (Å²) in [6.45, 7) is 0. The molecular weight excluding hydrogens is 659 g/mol. The number of fused-ring (bicyclic) bond motifs is 9. The summed E-state index contributed by atoms with van der Waals surface area (Å²) in [5, 5.41) is 7.50. The number of para-hydroxylation sites is 2. The number of hydrogen-bond acceptors (Lipinski definition) is 3. The van der Waals surface area contributed by atoms with Crippen LogP contribution >= 0.6 is 0 Å². The fourth-order valence-electron chi connectivity index (χ4n) is 8.16. The molecule has 11 aromatic rings. The lowest BCUT2D eigenvalue weighted by atomic mass is 10.0. The molecule has 0 aliphatic carbocycles. The fourth-order valence-corrected chi connectivity index (χ4v) is 8.16. The first-order chi connectivity index (χ1) is 26.8. The minimum absolute atomic E-state index is 0.638. The molecule has 0 spiro atoms. The van der Waals surface area contributed by atoms with Gasteiger partial charge in [0.25, 0.3) is 0 Å². The fraction of sp³-hybridized carbons (Fsp3) is 0. The van der Waals surface area contributed by atoms with Crippen molar-refractivity contribution < 1.29 is 0 Å². The van der Waals surface area contributed by atoms with Gasteiger partial charge in [-0.05, 0) is 71.4 Å². The Kier molecular flexibility index (Phi) is 6.79. The summed E-state index contributed by atoms with van der Waals surface area (Å²) in [5.41, 5.74) is 9.76. The quantitative estimate of drug-likeness (QED) is 0.181. The van der Waals surface area contributed by atoms with Gasteiger partial charge in [0, 0.05) is 49.6 Å². The van der Waals surface area contributed by atoms with E-state index in [-0.39, 0.29) is 0 Å². The Hall–Kier alpha value is -7.37. The first-order valence-electron chi connectivity index (χ1n) is 18.2. The summed E-state index contributed by atoms with van der Waals surface area (Å²) >= 11 is 0. The van der Waals surface area contributed by atoms with Gasteiger partial charge in [0.1, 0.15) is 0 Å². The molecule has 0 atom stereocenters. The van der Waals surface area contributed by atoms with Gasteiger partial charge in [-0.1, -0.05) is 127 Å². The maximum Gasteiger partial charge on any atom is 0.164 e. The molecule has 0 saturated carbocycles. The van der Waals surface area contributed by atoms with Crippen molar-refractivity contribution in [3.05, 3.63) is 188 Å². The largest absolute Gasteiger partial charge is 0.309 e. The molecule has 0 aliphatic heterocycles. The smallest absolute Gasteiger partial charge is 0.164 e. The van der Waals surface area contributed by atoms with Crippen LogP contribution in [0.25, 0.3) is 99.9 Å². The molecular formula is C49H31N5. The normalized spacial score (nSPS) is 11.7. The van der Waals surface area contributed by atoms with Crippen molar-refractivity contribution in [1.82, 2.24) is 24.1 Å². The van der Waals surface area contributed by atoms with Crippen molar-refractivity contribution in [2.45, 2.75) is 0 Å². The van der Waals surface area contributed by atoms with Gasteiger partial charge in [0.15, 0.2) is 17.5 Å². The Labute approximate surface area is 311 Å². The highest BCUT2D eigenvalue weighted by molar-refractivity contribution is 6.33. The Morgan fingerprint density at radius 2 is 0.704 bits per heavy atom. The molecule has 8 aromatic carbocycles. The number of benzene rings is 8. The number of rotatable bonds is 5. The molecule has 0 bridgehead atoms. The van der Waals surface area contributed by atoms with Crippen LogP contribution in [0, 0.1) is 0 Å². The molecule has 3 heterocycles. The monoisotopic (exact) mass is 689 g/mol. The molecule has 0 saturated heterocycles. The van der Waals surface area contributed by atoms with Gasteiger partial charge in [-0.2, -0.15) is 0 Å². The van der Waals surface area contributed by atoms with E-state index in [0.29, 0.717) is 17.5 Å². The van der Waals surface area contributed by atoms with Crippen LogP contribution < -0.4 is 0 Å². The van der Waals surface area contributed by atoms with Gasteiger partial charge < -0.3 is 9.13 Å². The van der Waals surface area contributed by atoms with Crippen LogP contribution in [0.1, 0.15) is 0 Å². The van der Waals surface area contributed by atoms with E-state index >= 15 is 0 Å². The van der Waals surface area contributed by atoms with Gasteiger partial charge in [0.2, 0.25) is 0 Å². The lowest BCUT2D eigenvalue weighted by Gasteiger charge is -2.11. The van der Waals surface area contributed by atoms with Crippen molar-refractivity contribution in [2.24, 2.45) is 0 Å². The molecule has 252 valence electrons. The van der Waals surface area contributed by atoms with Crippen molar-refractivity contribution in [3.63, 3.8) is 0 Å². The first kappa shape index (κ1) is 30.3. The second-order valence-electron chi connectivity index (χ2n) is 13.6. The Morgan fingerprint density at radius 1 is 0.278 bits per heavy atom. The number of nitrogens with zero attached hydrogens (tertiary/aromatic N) is 5. The van der Waals surface area contributed by atoms with Crippen LogP contribution in [-0.4, -0.2) is 24.1 Å². The molecule has 0 amide bonds. The Balaban J connectivity index is 1.14. The molecule has 3 aromatic heterocycles. The van der Waals surface area contributed by atoms with E-state index in [0.717, 1.165) is 39.1 Å². The van der Waals surface area contributed by atoms with E-state index in [1.54, 1.807) is 0 Å². The third-order valence-corrected chi connectivity index (χ3v) is 10.6. The molecule has 0 N–H and O–H groups in total. The zero-order valence-corrected chi connectivity index (χ0v) is 29.1. The van der Waals surface area contributed by atoms with E-state index < -0.39 is 0 Å². The Bertz CT molecular complexity index is 3120. The predicted octanol–water partition coefficient (Wildman–Crippen LogP) is 12.2. The van der Waals surface area contributed by atoms with Crippen LogP contribution in [0.4, 0.5) is 0 Å². The number of hydrogen-bond donors (Lipinski definition) is 0. The highest BCUT2D eigenvalue weighted by atomic mass is 15.0. The SMILES string of the molecule is c1ccc(-c2nc(-c3ccccc3)nc(-c3ccc(-n4c5ccccc5c5c6c7c8ccccc8ccc7n(-c7ccccc7)c6ccc54)cc3)n2)cc1. The summed E-state index contributed by atoms with van der Waals surface area (Å²) in [6, 6.07) is 66.2. The summed E-state index contributed by atoms with van der Waals surface area (Å²) in [5.74, 6) is 1.94. The summed E-state index contributed by atoms with van der Waals surface area (Å²) in [7, 11) is 0. The Morgan fingerprint density at radius 3 is 1.33 bits per heavy atom. The van der Waals surface area contributed by atoms with Crippen LogP contribution in [-0.2, 0) is 0 Å². The van der Waals surface area contributed by atoms with Crippen LogP contribution in [0.3, 0.4) is 0 Å².